The number of alkyl carbamates (subject to hydrolysis) is 1. The number of carboxylic acids is 1. The first kappa shape index (κ1) is 31.8. The Kier molecular flexibility index (Phi) is 13.0. The summed E-state index contributed by atoms with van der Waals surface area (Å²) in [7, 11) is 1.54. The molecule has 2 aromatic rings. The van der Waals surface area contributed by atoms with Crippen LogP contribution < -0.4 is 11.1 Å². The van der Waals surface area contributed by atoms with Crippen LogP contribution >= 0.6 is 0 Å². The van der Waals surface area contributed by atoms with Gasteiger partial charge < -0.3 is 25.8 Å². The highest BCUT2D eigenvalue weighted by molar-refractivity contribution is 5.83. The molecule has 0 aromatic heterocycles. The number of nitrogens with one attached hydrogen (secondary N) is 1. The van der Waals surface area contributed by atoms with E-state index >= 15 is 0 Å². The van der Waals surface area contributed by atoms with Crippen LogP contribution in [0.2, 0.25) is 0 Å². The van der Waals surface area contributed by atoms with E-state index in [1.165, 1.54) is 10.5 Å². The molecule has 2 rings (SSSR count). The normalized spacial score (nSPS) is 12.0. The van der Waals surface area contributed by atoms with E-state index in [1.807, 2.05) is 12.1 Å². The minimum absolute atomic E-state index is 0.205. The Morgan fingerprint density at radius 3 is 1.97 bits per heavy atom. The van der Waals surface area contributed by atoms with Gasteiger partial charge in [-0.05, 0) is 94.5 Å². The maximum Gasteiger partial charge on any atom is 0.407 e. The molecule has 0 radical (unpaired) electrons. The minimum atomic E-state index is -1.03. The van der Waals surface area contributed by atoms with E-state index in [0.717, 1.165) is 42.5 Å². The van der Waals surface area contributed by atoms with Crippen LogP contribution in [0.4, 0.5) is 4.79 Å². The largest absolute Gasteiger partial charge is 0.480 e. The molecule has 2 aromatic carbocycles. The Hall–Kier alpha value is -3.39. The number of hydrogen-bond donors (Lipinski definition) is 3. The molecule has 0 aliphatic carbocycles. The molecule has 2 amide bonds. The highest BCUT2D eigenvalue weighted by Crippen LogP contribution is 2.22. The molecule has 4 N–H and O–H groups in total. The number of amides is 2. The van der Waals surface area contributed by atoms with Gasteiger partial charge in [0.25, 0.3) is 0 Å². The number of aryl methyl sites for hydroxylation is 2. The average molecular weight is 540 g/mol. The molecule has 214 valence electrons. The number of unbranched alkanes of at least 4 members (excludes halogenated alkanes) is 2. The highest BCUT2D eigenvalue weighted by atomic mass is 16.6. The van der Waals surface area contributed by atoms with E-state index in [-0.39, 0.29) is 12.3 Å². The molecule has 0 saturated carbocycles. The number of carboxylic acid groups (broad SMARTS) is 1. The summed E-state index contributed by atoms with van der Waals surface area (Å²) in [6.07, 6.45) is 4.90. The second-order valence-corrected chi connectivity index (χ2v) is 10.9. The van der Waals surface area contributed by atoms with Crippen LogP contribution in [-0.2, 0) is 27.2 Å². The lowest BCUT2D eigenvalue weighted by Crippen LogP contribution is -2.42. The number of nitrogens with two attached hydrogens (primary N) is 1. The van der Waals surface area contributed by atoms with Gasteiger partial charge in [0.2, 0.25) is 5.91 Å². The number of carbonyl (C=O) groups is 3. The molecule has 39 heavy (non-hydrogen) atoms. The molecule has 0 spiro atoms. The maximum absolute atomic E-state index is 12.8. The van der Waals surface area contributed by atoms with Crippen molar-refractivity contribution in [3.8, 4) is 11.1 Å². The van der Waals surface area contributed by atoms with Gasteiger partial charge in [0.05, 0.1) is 0 Å². The number of benzene rings is 2. The average Bonchev–Trinajstić information content (AvgIpc) is 2.88. The van der Waals surface area contributed by atoms with Gasteiger partial charge in [-0.1, -0.05) is 48.5 Å². The second-order valence-electron chi connectivity index (χ2n) is 10.9. The number of ether oxygens (including phenoxy) is 1. The molecule has 0 bridgehead atoms. The van der Waals surface area contributed by atoms with E-state index in [9.17, 15) is 19.5 Å². The molecular weight excluding hydrogens is 494 g/mol. The molecule has 0 saturated heterocycles. The van der Waals surface area contributed by atoms with Crippen molar-refractivity contribution in [2.45, 2.75) is 83.8 Å². The highest BCUT2D eigenvalue weighted by Gasteiger charge is 2.26. The zero-order valence-electron chi connectivity index (χ0n) is 23.9. The second kappa shape index (κ2) is 15.9. The zero-order valence-corrected chi connectivity index (χ0v) is 23.9. The van der Waals surface area contributed by atoms with Gasteiger partial charge in [-0.3, -0.25) is 4.79 Å². The van der Waals surface area contributed by atoms with Crippen molar-refractivity contribution in [3.63, 3.8) is 0 Å². The van der Waals surface area contributed by atoms with E-state index in [2.05, 4.69) is 41.7 Å². The van der Waals surface area contributed by atoms with Crippen LogP contribution in [0.1, 0.15) is 70.4 Å². The van der Waals surface area contributed by atoms with Crippen LogP contribution in [0.3, 0.4) is 0 Å². The molecule has 0 unspecified atom stereocenters. The quantitative estimate of drug-likeness (QED) is 0.268. The van der Waals surface area contributed by atoms with Crippen LogP contribution in [0.5, 0.6) is 0 Å². The van der Waals surface area contributed by atoms with Crippen LogP contribution in [-0.4, -0.2) is 59.8 Å². The van der Waals surface area contributed by atoms with Gasteiger partial charge >= 0.3 is 12.1 Å². The van der Waals surface area contributed by atoms with Crippen molar-refractivity contribution >= 4 is 18.0 Å². The van der Waals surface area contributed by atoms with Crippen molar-refractivity contribution < 1.29 is 24.2 Å². The third-order valence-corrected chi connectivity index (χ3v) is 6.51. The fourth-order valence-electron chi connectivity index (χ4n) is 4.25. The van der Waals surface area contributed by atoms with E-state index in [1.54, 1.807) is 27.8 Å². The Bertz CT molecular complexity index is 1050. The fraction of sp³-hybridized carbons (Fsp3) is 0.516. The number of hydrogen-bond acceptors (Lipinski definition) is 5. The molecule has 0 aliphatic heterocycles. The summed E-state index contributed by atoms with van der Waals surface area (Å²) in [6, 6.07) is 15.8. The van der Waals surface area contributed by atoms with Crippen molar-refractivity contribution in [2.75, 3.05) is 20.1 Å². The van der Waals surface area contributed by atoms with Gasteiger partial charge in [0, 0.05) is 20.0 Å². The first-order valence-electron chi connectivity index (χ1n) is 13.8. The summed E-state index contributed by atoms with van der Waals surface area (Å²) in [6.45, 7) is 6.48. The monoisotopic (exact) mass is 539 g/mol. The summed E-state index contributed by atoms with van der Waals surface area (Å²) in [5.74, 6) is -1.23. The van der Waals surface area contributed by atoms with Gasteiger partial charge in [0.1, 0.15) is 11.6 Å². The van der Waals surface area contributed by atoms with Crippen molar-refractivity contribution in [1.82, 2.24) is 10.2 Å². The SMILES string of the molecule is CN(C(=O)CCc1ccc(-c2ccc(CCCCN)cc2)cc1)[C@@H](CCCCNC(=O)OC(C)(C)C)C(=O)O. The number of nitrogens with zero attached hydrogens (tertiary/aromatic N) is 1. The lowest BCUT2D eigenvalue weighted by Gasteiger charge is -2.25. The summed E-state index contributed by atoms with van der Waals surface area (Å²) < 4.78 is 5.18. The standard InChI is InChI=1S/C31H45N3O5/c1-31(2,3)39-30(38)33-22-8-6-10-27(29(36)37)34(4)28(35)20-15-24-13-18-26(19-14-24)25-16-11-23(12-17-25)9-5-7-21-32/h11-14,16-19,27H,5-10,15,20-22,32H2,1-4H3,(H,33,38)(H,36,37)/t27-/m0/s1. The fourth-order valence-corrected chi connectivity index (χ4v) is 4.25. The number of carbonyl (C=O) groups excluding carboxylic acids is 2. The molecule has 0 aliphatic rings. The lowest BCUT2D eigenvalue weighted by atomic mass is 9.99. The molecular formula is C31H45N3O5. The smallest absolute Gasteiger partial charge is 0.407 e. The molecule has 8 heteroatoms. The van der Waals surface area contributed by atoms with Gasteiger partial charge in [0.15, 0.2) is 0 Å². The van der Waals surface area contributed by atoms with Gasteiger partial charge in [-0.25, -0.2) is 9.59 Å². The van der Waals surface area contributed by atoms with Gasteiger partial charge in [-0.15, -0.1) is 0 Å². The minimum Gasteiger partial charge on any atom is -0.480 e. The summed E-state index contributed by atoms with van der Waals surface area (Å²) in [5.41, 5.74) is 9.60. The summed E-state index contributed by atoms with van der Waals surface area (Å²) in [5, 5.41) is 12.3. The van der Waals surface area contributed by atoms with Crippen LogP contribution in [0.15, 0.2) is 48.5 Å². The summed E-state index contributed by atoms with van der Waals surface area (Å²) in [4.78, 5) is 37.6. The van der Waals surface area contributed by atoms with Crippen LogP contribution in [0, 0.1) is 0 Å². The number of likely N-dealkylation sites (N-methyl/N-ethyl adjacent to an activating group) is 1. The first-order chi connectivity index (χ1) is 18.5. The zero-order chi connectivity index (χ0) is 28.8. The number of rotatable bonds is 15. The van der Waals surface area contributed by atoms with E-state index < -0.39 is 23.7 Å². The lowest BCUT2D eigenvalue weighted by molar-refractivity contribution is -0.149. The van der Waals surface area contributed by atoms with Crippen LogP contribution in [0.25, 0.3) is 11.1 Å². The van der Waals surface area contributed by atoms with Gasteiger partial charge in [-0.2, -0.15) is 0 Å². The molecule has 0 heterocycles. The third kappa shape index (κ3) is 11.9. The predicted molar refractivity (Wildman–Crippen MR) is 154 cm³/mol. The number of aliphatic carboxylic acids is 1. The predicted octanol–water partition coefficient (Wildman–Crippen LogP) is 5.17. The third-order valence-electron chi connectivity index (χ3n) is 6.51. The Morgan fingerprint density at radius 2 is 1.46 bits per heavy atom. The summed E-state index contributed by atoms with van der Waals surface area (Å²) >= 11 is 0. The Morgan fingerprint density at radius 1 is 0.897 bits per heavy atom. The molecule has 1 atom stereocenters. The van der Waals surface area contributed by atoms with E-state index in [4.69, 9.17) is 10.5 Å². The maximum atomic E-state index is 12.8. The Labute approximate surface area is 232 Å². The molecule has 8 nitrogen and oxygen atoms in total. The Balaban J connectivity index is 1.79. The topological polar surface area (TPSA) is 122 Å². The van der Waals surface area contributed by atoms with E-state index in [0.29, 0.717) is 32.2 Å². The van der Waals surface area contributed by atoms with Crippen molar-refractivity contribution in [1.29, 1.82) is 0 Å². The van der Waals surface area contributed by atoms with Crippen molar-refractivity contribution in [2.24, 2.45) is 5.73 Å². The first-order valence-corrected chi connectivity index (χ1v) is 13.8. The molecule has 0 fully saturated rings. The van der Waals surface area contributed by atoms with Crippen molar-refractivity contribution in [3.05, 3.63) is 59.7 Å².